The van der Waals surface area contributed by atoms with Crippen LogP contribution in [0.25, 0.3) is 0 Å². The van der Waals surface area contributed by atoms with E-state index in [0.29, 0.717) is 5.92 Å². The number of rotatable bonds is 6. The average Bonchev–Trinajstić information content (AvgIpc) is 2.18. The van der Waals surface area contributed by atoms with E-state index in [1.54, 1.807) is 0 Å². The molecule has 0 aromatic carbocycles. The van der Waals surface area contributed by atoms with Crippen LogP contribution in [0, 0.1) is 12.8 Å². The third-order valence-corrected chi connectivity index (χ3v) is 2.57. The summed E-state index contributed by atoms with van der Waals surface area (Å²) in [6.45, 7) is 6.18. The summed E-state index contributed by atoms with van der Waals surface area (Å²) in [5.74, 6) is 1.38. The number of nitrogens with one attached hydrogen (secondary N) is 1. The second-order valence-electron chi connectivity index (χ2n) is 4.08. The third kappa shape index (κ3) is 5.14. The van der Waals surface area contributed by atoms with Crippen molar-refractivity contribution in [2.24, 2.45) is 5.92 Å². The normalized spacial score (nSPS) is 12.7. The Morgan fingerprint density at radius 1 is 1.47 bits per heavy atom. The summed E-state index contributed by atoms with van der Waals surface area (Å²) < 4.78 is 0. The third-order valence-electron chi connectivity index (χ3n) is 2.36. The minimum absolute atomic E-state index is 0.639. The van der Waals surface area contributed by atoms with Crippen molar-refractivity contribution in [3.8, 4) is 0 Å². The van der Waals surface area contributed by atoms with Gasteiger partial charge in [0.15, 0.2) is 0 Å². The van der Waals surface area contributed by atoms with E-state index >= 15 is 0 Å². The predicted octanol–water partition coefficient (Wildman–Crippen LogP) is 2.74. The number of aromatic nitrogens is 1. The molecular weight excluding hydrogens is 208 g/mol. The van der Waals surface area contributed by atoms with Crippen molar-refractivity contribution < 1.29 is 0 Å². The lowest BCUT2D eigenvalue weighted by Crippen LogP contribution is -2.21. The molecule has 0 radical (unpaired) electrons. The van der Waals surface area contributed by atoms with Crippen molar-refractivity contribution >= 4 is 11.6 Å². The summed E-state index contributed by atoms with van der Waals surface area (Å²) in [6.07, 6.45) is 4.85. The maximum Gasteiger partial charge on any atom is 0.0313 e. The highest BCUT2D eigenvalue weighted by Crippen LogP contribution is 2.03. The van der Waals surface area contributed by atoms with E-state index < -0.39 is 0 Å². The lowest BCUT2D eigenvalue weighted by atomic mass is 10.1. The first-order valence-electron chi connectivity index (χ1n) is 5.39. The molecule has 0 aliphatic rings. The van der Waals surface area contributed by atoms with Crippen LogP contribution >= 0.6 is 11.6 Å². The maximum atomic E-state index is 5.68. The van der Waals surface area contributed by atoms with E-state index in [-0.39, 0.29) is 0 Å². The van der Waals surface area contributed by atoms with Gasteiger partial charge in [-0.1, -0.05) is 13.0 Å². The molecule has 1 unspecified atom stereocenters. The molecule has 0 saturated heterocycles. The predicted molar refractivity (Wildman–Crippen MR) is 65.2 cm³/mol. The van der Waals surface area contributed by atoms with Crippen molar-refractivity contribution in [3.63, 3.8) is 0 Å². The Hall–Kier alpha value is -0.600. The van der Waals surface area contributed by atoms with E-state index in [0.717, 1.165) is 25.4 Å². The van der Waals surface area contributed by atoms with Gasteiger partial charge in [0.25, 0.3) is 0 Å². The van der Waals surface area contributed by atoms with Crippen LogP contribution in [0.4, 0.5) is 0 Å². The molecule has 84 valence electrons. The zero-order valence-corrected chi connectivity index (χ0v) is 10.2. The molecule has 0 spiro atoms. The van der Waals surface area contributed by atoms with Gasteiger partial charge in [0.05, 0.1) is 0 Å². The summed E-state index contributed by atoms with van der Waals surface area (Å²) in [5, 5.41) is 3.41. The molecule has 0 bridgehead atoms. The first-order chi connectivity index (χ1) is 7.22. The molecule has 1 aromatic rings. The van der Waals surface area contributed by atoms with Crippen LogP contribution < -0.4 is 5.32 Å². The lowest BCUT2D eigenvalue weighted by molar-refractivity contribution is 0.501. The van der Waals surface area contributed by atoms with Gasteiger partial charge >= 0.3 is 0 Å². The molecule has 3 heteroatoms. The number of aryl methyl sites for hydroxylation is 1. The molecule has 1 rings (SSSR count). The molecule has 1 aromatic heterocycles. The van der Waals surface area contributed by atoms with Crippen molar-refractivity contribution in [2.75, 3.05) is 12.4 Å². The van der Waals surface area contributed by atoms with E-state index in [9.17, 15) is 0 Å². The number of nitrogens with zero attached hydrogens (tertiary/aromatic N) is 1. The summed E-state index contributed by atoms with van der Waals surface area (Å²) in [6, 6.07) is 2.16. The molecule has 1 heterocycles. The van der Waals surface area contributed by atoms with E-state index in [2.05, 4.69) is 30.2 Å². The van der Waals surface area contributed by atoms with Gasteiger partial charge in [-0.15, -0.1) is 11.6 Å². The van der Waals surface area contributed by atoms with Gasteiger partial charge in [0.2, 0.25) is 0 Å². The molecule has 1 atom stereocenters. The Kier molecular flexibility index (Phi) is 5.66. The first kappa shape index (κ1) is 12.5. The van der Waals surface area contributed by atoms with Crippen LogP contribution in [0.2, 0.25) is 0 Å². The van der Waals surface area contributed by atoms with Crippen LogP contribution in [-0.4, -0.2) is 17.4 Å². The van der Waals surface area contributed by atoms with Crippen molar-refractivity contribution in [1.29, 1.82) is 0 Å². The SMILES string of the molecule is Cc1cncc(CNCC(C)CCCl)c1. The van der Waals surface area contributed by atoms with Crippen molar-refractivity contribution in [2.45, 2.75) is 26.8 Å². The number of pyridine rings is 1. The highest BCUT2D eigenvalue weighted by molar-refractivity contribution is 6.17. The van der Waals surface area contributed by atoms with Crippen LogP contribution in [0.5, 0.6) is 0 Å². The van der Waals surface area contributed by atoms with Crippen LogP contribution in [0.15, 0.2) is 18.5 Å². The second-order valence-corrected chi connectivity index (χ2v) is 4.46. The molecule has 0 amide bonds. The fourth-order valence-corrected chi connectivity index (χ4v) is 1.84. The average molecular weight is 227 g/mol. The number of halogens is 1. The number of alkyl halides is 1. The monoisotopic (exact) mass is 226 g/mol. The minimum Gasteiger partial charge on any atom is -0.312 e. The fraction of sp³-hybridized carbons (Fsp3) is 0.583. The van der Waals surface area contributed by atoms with Gasteiger partial charge in [-0.05, 0) is 36.9 Å². The largest absolute Gasteiger partial charge is 0.312 e. The molecule has 0 saturated carbocycles. The van der Waals surface area contributed by atoms with Gasteiger partial charge < -0.3 is 5.32 Å². The van der Waals surface area contributed by atoms with Gasteiger partial charge in [0, 0.05) is 24.8 Å². The van der Waals surface area contributed by atoms with Crippen molar-refractivity contribution in [3.05, 3.63) is 29.6 Å². The Morgan fingerprint density at radius 2 is 2.27 bits per heavy atom. The molecule has 0 fully saturated rings. The summed E-state index contributed by atoms with van der Waals surface area (Å²) in [4.78, 5) is 4.16. The minimum atomic E-state index is 0.639. The second kappa shape index (κ2) is 6.81. The standard InChI is InChI=1S/C12H19ClN2/c1-10(3-4-13)6-14-8-12-5-11(2)7-15-9-12/h5,7,9-10,14H,3-4,6,8H2,1-2H3. The fourth-order valence-electron chi connectivity index (χ4n) is 1.47. The zero-order valence-electron chi connectivity index (χ0n) is 9.46. The topological polar surface area (TPSA) is 24.9 Å². The molecule has 0 aliphatic heterocycles. The molecule has 0 aliphatic carbocycles. The maximum absolute atomic E-state index is 5.68. The summed E-state index contributed by atoms with van der Waals surface area (Å²) in [7, 11) is 0. The van der Waals surface area contributed by atoms with Crippen LogP contribution in [0.1, 0.15) is 24.5 Å². The molecular formula is C12H19ClN2. The Balaban J connectivity index is 2.25. The van der Waals surface area contributed by atoms with Gasteiger partial charge in [-0.25, -0.2) is 0 Å². The van der Waals surface area contributed by atoms with Gasteiger partial charge in [-0.2, -0.15) is 0 Å². The Labute approximate surface area is 97.1 Å². The number of hydrogen-bond acceptors (Lipinski definition) is 2. The summed E-state index contributed by atoms with van der Waals surface area (Å²) >= 11 is 5.68. The molecule has 15 heavy (non-hydrogen) atoms. The Morgan fingerprint density at radius 3 is 2.93 bits per heavy atom. The molecule has 2 nitrogen and oxygen atoms in total. The van der Waals surface area contributed by atoms with Gasteiger partial charge in [-0.3, -0.25) is 4.98 Å². The van der Waals surface area contributed by atoms with Crippen LogP contribution in [0.3, 0.4) is 0 Å². The lowest BCUT2D eigenvalue weighted by Gasteiger charge is -2.10. The van der Waals surface area contributed by atoms with Gasteiger partial charge in [0.1, 0.15) is 0 Å². The highest BCUT2D eigenvalue weighted by atomic mass is 35.5. The smallest absolute Gasteiger partial charge is 0.0313 e. The first-order valence-corrected chi connectivity index (χ1v) is 5.93. The summed E-state index contributed by atoms with van der Waals surface area (Å²) in [5.41, 5.74) is 2.45. The zero-order chi connectivity index (χ0) is 11.1. The number of hydrogen-bond donors (Lipinski definition) is 1. The van der Waals surface area contributed by atoms with E-state index in [1.165, 1.54) is 11.1 Å². The van der Waals surface area contributed by atoms with Crippen LogP contribution in [-0.2, 0) is 6.54 Å². The van der Waals surface area contributed by atoms with Crippen molar-refractivity contribution in [1.82, 2.24) is 10.3 Å². The highest BCUT2D eigenvalue weighted by Gasteiger charge is 2.00. The Bertz CT molecular complexity index is 289. The van der Waals surface area contributed by atoms with E-state index in [4.69, 9.17) is 11.6 Å². The molecule has 1 N–H and O–H groups in total. The quantitative estimate of drug-likeness (QED) is 0.755. The van der Waals surface area contributed by atoms with E-state index in [1.807, 2.05) is 12.4 Å².